The number of ether oxygens (including phenoxy) is 1. The second kappa shape index (κ2) is 5.71. The van der Waals surface area contributed by atoms with Gasteiger partial charge >= 0.3 is 7.12 Å². The minimum absolute atomic E-state index is 0.491. The van der Waals surface area contributed by atoms with E-state index in [0.717, 1.165) is 16.5 Å². The van der Waals surface area contributed by atoms with Crippen molar-refractivity contribution in [1.29, 1.82) is 0 Å². The van der Waals surface area contributed by atoms with E-state index < -0.39 is 7.12 Å². The molecule has 0 heterocycles. The zero-order valence-corrected chi connectivity index (χ0v) is 10.2. The Morgan fingerprint density at radius 2 is 1.83 bits per heavy atom. The number of hydrogen-bond acceptors (Lipinski definition) is 3. The first-order valence-electron chi connectivity index (χ1n) is 5.84. The van der Waals surface area contributed by atoms with Crippen LogP contribution >= 0.6 is 0 Å². The number of allylic oxidation sites excluding steroid dienone is 1. The molecule has 92 valence electrons. The van der Waals surface area contributed by atoms with Crippen molar-refractivity contribution in [3.05, 3.63) is 48.6 Å². The van der Waals surface area contributed by atoms with E-state index in [9.17, 15) is 0 Å². The maximum Gasteiger partial charge on any atom is 0.488 e. The van der Waals surface area contributed by atoms with Crippen molar-refractivity contribution in [2.45, 2.75) is 6.92 Å². The summed E-state index contributed by atoms with van der Waals surface area (Å²) in [6.45, 7) is 2.50. The number of fused-ring (bicyclic) bond motifs is 1. The minimum Gasteiger partial charge on any atom is -0.490 e. The molecule has 0 bridgehead atoms. The first kappa shape index (κ1) is 12.7. The molecule has 0 aliphatic heterocycles. The third-order valence-electron chi connectivity index (χ3n) is 2.72. The van der Waals surface area contributed by atoms with Crippen molar-refractivity contribution in [3.8, 4) is 5.75 Å². The van der Waals surface area contributed by atoms with Crippen LogP contribution in [0.25, 0.3) is 10.8 Å². The molecule has 0 radical (unpaired) electrons. The quantitative estimate of drug-likeness (QED) is 0.630. The molecule has 0 atom stereocenters. The molecule has 0 fully saturated rings. The van der Waals surface area contributed by atoms with E-state index in [1.165, 1.54) is 0 Å². The lowest BCUT2D eigenvalue weighted by Gasteiger charge is -2.06. The second-order valence-corrected chi connectivity index (χ2v) is 4.02. The summed E-state index contributed by atoms with van der Waals surface area (Å²) in [5, 5.41) is 20.2. The van der Waals surface area contributed by atoms with E-state index in [-0.39, 0.29) is 0 Å². The van der Waals surface area contributed by atoms with Gasteiger partial charge in [-0.15, -0.1) is 0 Å². The molecule has 2 N–H and O–H groups in total. The Kier molecular flexibility index (Phi) is 4.02. The fraction of sp³-hybridized carbons (Fsp3) is 0.143. The molecule has 0 amide bonds. The van der Waals surface area contributed by atoms with E-state index >= 15 is 0 Å². The van der Waals surface area contributed by atoms with Crippen LogP contribution in [-0.2, 0) is 0 Å². The lowest BCUT2D eigenvalue weighted by molar-refractivity contribution is 0.363. The zero-order chi connectivity index (χ0) is 13.0. The van der Waals surface area contributed by atoms with Crippen LogP contribution in [0.4, 0.5) is 0 Å². The fourth-order valence-electron chi connectivity index (χ4n) is 1.73. The summed E-state index contributed by atoms with van der Waals surface area (Å²) >= 11 is 0. The van der Waals surface area contributed by atoms with Gasteiger partial charge in [-0.1, -0.05) is 36.4 Å². The van der Waals surface area contributed by atoms with Crippen LogP contribution in [0.3, 0.4) is 0 Å². The van der Waals surface area contributed by atoms with E-state index in [0.29, 0.717) is 12.1 Å². The van der Waals surface area contributed by atoms with Crippen molar-refractivity contribution in [1.82, 2.24) is 0 Å². The molecule has 0 spiro atoms. The zero-order valence-electron chi connectivity index (χ0n) is 10.2. The Morgan fingerprint density at radius 1 is 1.11 bits per heavy atom. The molecular formula is C14H15BO3. The molecule has 0 aliphatic rings. The molecule has 18 heavy (non-hydrogen) atoms. The Balaban J connectivity index is 2.26. The lowest BCUT2D eigenvalue weighted by atomic mass is 9.79. The number of benzene rings is 2. The molecule has 0 saturated heterocycles. The average molecular weight is 242 g/mol. The Bertz CT molecular complexity index is 564. The first-order chi connectivity index (χ1) is 8.70. The van der Waals surface area contributed by atoms with Gasteiger partial charge in [-0.05, 0) is 35.3 Å². The first-order valence-corrected chi connectivity index (χ1v) is 5.84. The van der Waals surface area contributed by atoms with Crippen molar-refractivity contribution >= 4 is 23.4 Å². The van der Waals surface area contributed by atoms with E-state index in [2.05, 4.69) is 0 Å². The molecule has 2 aromatic carbocycles. The summed E-state index contributed by atoms with van der Waals surface area (Å²) in [6, 6.07) is 11.0. The van der Waals surface area contributed by atoms with E-state index in [1.54, 1.807) is 12.1 Å². The molecule has 0 saturated carbocycles. The number of rotatable bonds is 4. The molecule has 0 unspecified atom stereocenters. The highest BCUT2D eigenvalue weighted by molar-refractivity contribution is 6.58. The average Bonchev–Trinajstić information content (AvgIpc) is 2.38. The Hall–Kier alpha value is -1.78. The summed E-state index contributed by atoms with van der Waals surface area (Å²) in [6.07, 6.45) is 3.88. The van der Waals surface area contributed by atoms with Gasteiger partial charge in [-0.25, -0.2) is 0 Å². The topological polar surface area (TPSA) is 49.7 Å². The van der Waals surface area contributed by atoms with Crippen molar-refractivity contribution in [3.63, 3.8) is 0 Å². The van der Waals surface area contributed by atoms with Crippen molar-refractivity contribution < 1.29 is 14.8 Å². The van der Waals surface area contributed by atoms with Crippen LogP contribution in [0, 0.1) is 0 Å². The maximum atomic E-state index is 9.10. The summed E-state index contributed by atoms with van der Waals surface area (Å²) < 4.78 is 5.55. The van der Waals surface area contributed by atoms with Gasteiger partial charge in [0.05, 0.1) is 0 Å². The second-order valence-electron chi connectivity index (χ2n) is 4.02. The highest BCUT2D eigenvalue weighted by Crippen LogP contribution is 2.20. The van der Waals surface area contributed by atoms with Crippen LogP contribution in [0.15, 0.2) is 48.6 Å². The van der Waals surface area contributed by atoms with E-state index in [4.69, 9.17) is 14.8 Å². The Labute approximate surface area is 106 Å². The van der Waals surface area contributed by atoms with Crippen molar-refractivity contribution in [2.24, 2.45) is 0 Å². The summed E-state index contributed by atoms with van der Waals surface area (Å²) in [4.78, 5) is 0. The molecule has 3 nitrogen and oxygen atoms in total. The SMILES string of the molecule is CC=CCOc1ccc2cc(B(O)O)ccc2c1. The summed E-state index contributed by atoms with van der Waals surface area (Å²) in [7, 11) is -1.43. The maximum absolute atomic E-state index is 9.10. The standard InChI is InChI=1S/C14H15BO3/c1-2-3-8-18-14-7-5-11-9-13(15(16)17)6-4-12(11)10-14/h2-7,9-10,16-17H,8H2,1H3. The predicted octanol–water partition coefficient (Wildman–Crippen LogP) is 1.47. The minimum atomic E-state index is -1.43. The number of hydrogen-bond donors (Lipinski definition) is 2. The smallest absolute Gasteiger partial charge is 0.488 e. The predicted molar refractivity (Wildman–Crippen MR) is 74.1 cm³/mol. The van der Waals surface area contributed by atoms with Crippen molar-refractivity contribution in [2.75, 3.05) is 6.61 Å². The van der Waals surface area contributed by atoms with Gasteiger partial charge in [0.1, 0.15) is 12.4 Å². The van der Waals surface area contributed by atoms with Crippen LogP contribution in [0.2, 0.25) is 0 Å². The van der Waals surface area contributed by atoms with Gasteiger partial charge in [0.15, 0.2) is 0 Å². The summed E-state index contributed by atoms with van der Waals surface area (Å²) in [5.74, 6) is 0.804. The summed E-state index contributed by atoms with van der Waals surface area (Å²) in [5.41, 5.74) is 0.491. The third kappa shape index (κ3) is 2.91. The third-order valence-corrected chi connectivity index (χ3v) is 2.72. The molecule has 0 aliphatic carbocycles. The van der Waals surface area contributed by atoms with Gasteiger partial charge < -0.3 is 14.8 Å². The van der Waals surface area contributed by atoms with Gasteiger partial charge in [0, 0.05) is 0 Å². The monoisotopic (exact) mass is 242 g/mol. The van der Waals surface area contributed by atoms with Gasteiger partial charge in [0.2, 0.25) is 0 Å². The van der Waals surface area contributed by atoms with Crippen LogP contribution in [0.5, 0.6) is 5.75 Å². The normalized spacial score (nSPS) is 11.1. The molecular weight excluding hydrogens is 227 g/mol. The highest BCUT2D eigenvalue weighted by Gasteiger charge is 2.10. The largest absolute Gasteiger partial charge is 0.490 e. The molecule has 0 aromatic heterocycles. The van der Waals surface area contributed by atoms with Gasteiger partial charge in [0.25, 0.3) is 0 Å². The Morgan fingerprint density at radius 3 is 2.56 bits per heavy atom. The molecule has 4 heteroatoms. The fourth-order valence-corrected chi connectivity index (χ4v) is 1.73. The molecule has 2 rings (SSSR count). The van der Waals surface area contributed by atoms with Gasteiger partial charge in [-0.2, -0.15) is 0 Å². The molecule has 2 aromatic rings. The highest BCUT2D eigenvalue weighted by atomic mass is 16.5. The lowest BCUT2D eigenvalue weighted by Crippen LogP contribution is -2.29. The van der Waals surface area contributed by atoms with Gasteiger partial charge in [-0.3, -0.25) is 0 Å². The van der Waals surface area contributed by atoms with Crippen LogP contribution in [-0.4, -0.2) is 23.8 Å². The van der Waals surface area contributed by atoms with E-state index in [1.807, 2.05) is 43.3 Å². The van der Waals surface area contributed by atoms with Crippen LogP contribution < -0.4 is 10.2 Å². The van der Waals surface area contributed by atoms with Crippen LogP contribution in [0.1, 0.15) is 6.92 Å².